The summed E-state index contributed by atoms with van der Waals surface area (Å²) in [6.45, 7) is 1.03. The van der Waals surface area contributed by atoms with Gasteiger partial charge in [0, 0.05) is 24.1 Å². The van der Waals surface area contributed by atoms with E-state index in [-0.39, 0.29) is 11.4 Å². The molecule has 5 N–H and O–H groups in total. The van der Waals surface area contributed by atoms with Crippen LogP contribution in [-0.4, -0.2) is 24.3 Å². The molecule has 0 aliphatic rings. The minimum atomic E-state index is -0.493. The van der Waals surface area contributed by atoms with E-state index in [0.717, 1.165) is 4.90 Å². The summed E-state index contributed by atoms with van der Waals surface area (Å²) in [6.07, 6.45) is 1.88. The number of nitrogens with zero attached hydrogens (tertiary/aromatic N) is 1. The average molecular weight is 242 g/mol. The molecule has 88 valence electrons. The minimum Gasteiger partial charge on any atom is -0.393 e. The second-order valence-electron chi connectivity index (χ2n) is 3.08. The van der Waals surface area contributed by atoms with Gasteiger partial charge in [-0.1, -0.05) is 0 Å². The molecule has 0 aromatic heterocycles. The SMILES string of the molecule is CSc1cc(N)c([N+](=O)[O-])cc1NCCN. The summed E-state index contributed by atoms with van der Waals surface area (Å²) in [7, 11) is 0. The molecule has 1 aromatic rings. The normalized spacial score (nSPS) is 10.1. The topological polar surface area (TPSA) is 107 Å². The zero-order chi connectivity index (χ0) is 12.1. The van der Waals surface area contributed by atoms with Gasteiger partial charge in [0.1, 0.15) is 5.69 Å². The van der Waals surface area contributed by atoms with Crippen LogP contribution >= 0.6 is 11.8 Å². The van der Waals surface area contributed by atoms with Crippen molar-refractivity contribution in [3.05, 3.63) is 22.2 Å². The highest BCUT2D eigenvalue weighted by molar-refractivity contribution is 7.98. The second kappa shape index (κ2) is 5.57. The number of nitrogen functional groups attached to an aromatic ring is 1. The van der Waals surface area contributed by atoms with Crippen LogP contribution in [-0.2, 0) is 0 Å². The van der Waals surface area contributed by atoms with Crippen LogP contribution < -0.4 is 16.8 Å². The molecule has 0 saturated carbocycles. The van der Waals surface area contributed by atoms with E-state index in [1.54, 1.807) is 6.07 Å². The summed E-state index contributed by atoms with van der Waals surface area (Å²) in [5, 5.41) is 13.7. The van der Waals surface area contributed by atoms with E-state index in [2.05, 4.69) is 5.32 Å². The number of nitrogens with one attached hydrogen (secondary N) is 1. The van der Waals surface area contributed by atoms with Gasteiger partial charge >= 0.3 is 0 Å². The summed E-state index contributed by atoms with van der Waals surface area (Å²) in [5.41, 5.74) is 11.7. The maximum absolute atomic E-state index is 10.7. The second-order valence-corrected chi connectivity index (χ2v) is 3.93. The Morgan fingerprint density at radius 1 is 1.56 bits per heavy atom. The molecule has 0 fully saturated rings. The third-order valence-electron chi connectivity index (χ3n) is 2.01. The molecule has 0 bridgehead atoms. The maximum atomic E-state index is 10.7. The maximum Gasteiger partial charge on any atom is 0.294 e. The van der Waals surface area contributed by atoms with Gasteiger partial charge < -0.3 is 16.8 Å². The number of anilines is 2. The summed E-state index contributed by atoms with van der Waals surface area (Å²) >= 11 is 1.47. The van der Waals surface area contributed by atoms with Crippen molar-refractivity contribution in [1.29, 1.82) is 0 Å². The van der Waals surface area contributed by atoms with Gasteiger partial charge in [-0.25, -0.2) is 0 Å². The van der Waals surface area contributed by atoms with Gasteiger partial charge in [-0.15, -0.1) is 11.8 Å². The van der Waals surface area contributed by atoms with Gasteiger partial charge in [0.15, 0.2) is 0 Å². The molecule has 0 unspecified atom stereocenters. The number of rotatable bonds is 5. The molecule has 0 saturated heterocycles. The Bertz CT molecular complexity index is 397. The third kappa shape index (κ3) is 2.77. The van der Waals surface area contributed by atoms with Gasteiger partial charge in [-0.3, -0.25) is 10.1 Å². The van der Waals surface area contributed by atoms with Crippen molar-refractivity contribution in [2.75, 3.05) is 30.4 Å². The zero-order valence-corrected chi connectivity index (χ0v) is 9.71. The molecule has 0 radical (unpaired) electrons. The van der Waals surface area contributed by atoms with Crippen molar-refractivity contribution in [2.45, 2.75) is 4.90 Å². The van der Waals surface area contributed by atoms with E-state index >= 15 is 0 Å². The van der Waals surface area contributed by atoms with Crippen molar-refractivity contribution < 1.29 is 4.92 Å². The molecule has 7 heteroatoms. The monoisotopic (exact) mass is 242 g/mol. The van der Waals surface area contributed by atoms with E-state index in [0.29, 0.717) is 18.8 Å². The van der Waals surface area contributed by atoms with Gasteiger partial charge in [0.25, 0.3) is 5.69 Å². The number of nitrogens with two attached hydrogens (primary N) is 2. The summed E-state index contributed by atoms with van der Waals surface area (Å²) in [5.74, 6) is 0. The number of thioether (sulfide) groups is 1. The summed E-state index contributed by atoms with van der Waals surface area (Å²) in [6, 6.07) is 3.04. The largest absolute Gasteiger partial charge is 0.393 e. The Kier molecular flexibility index (Phi) is 4.39. The Labute approximate surface area is 97.5 Å². The number of nitro benzene ring substituents is 1. The number of benzene rings is 1. The molecule has 1 aromatic carbocycles. The van der Waals surface area contributed by atoms with E-state index in [9.17, 15) is 10.1 Å². The van der Waals surface area contributed by atoms with E-state index < -0.39 is 4.92 Å². The highest BCUT2D eigenvalue weighted by Crippen LogP contribution is 2.34. The fraction of sp³-hybridized carbons (Fsp3) is 0.333. The van der Waals surface area contributed by atoms with Gasteiger partial charge in [0.2, 0.25) is 0 Å². The van der Waals surface area contributed by atoms with Crippen LogP contribution in [0.5, 0.6) is 0 Å². The Morgan fingerprint density at radius 2 is 2.25 bits per heavy atom. The van der Waals surface area contributed by atoms with E-state index in [1.807, 2.05) is 6.26 Å². The van der Waals surface area contributed by atoms with Crippen LogP contribution in [0, 0.1) is 10.1 Å². The van der Waals surface area contributed by atoms with Crippen LogP contribution in [0.1, 0.15) is 0 Å². The van der Waals surface area contributed by atoms with Crippen molar-refractivity contribution in [1.82, 2.24) is 0 Å². The predicted molar refractivity (Wildman–Crippen MR) is 66.8 cm³/mol. The van der Waals surface area contributed by atoms with Crippen molar-refractivity contribution in [3.63, 3.8) is 0 Å². The first-order chi connectivity index (χ1) is 7.60. The fourth-order valence-corrected chi connectivity index (χ4v) is 1.85. The first kappa shape index (κ1) is 12.6. The lowest BCUT2D eigenvalue weighted by molar-refractivity contribution is -0.383. The smallest absolute Gasteiger partial charge is 0.294 e. The zero-order valence-electron chi connectivity index (χ0n) is 8.90. The lowest BCUT2D eigenvalue weighted by Gasteiger charge is -2.10. The Morgan fingerprint density at radius 3 is 2.75 bits per heavy atom. The molecule has 0 aliphatic heterocycles. The predicted octanol–water partition coefficient (Wildman–Crippen LogP) is 1.27. The quantitative estimate of drug-likeness (QED) is 0.310. The standard InChI is InChI=1S/C9H14N4O2S/c1-16-9-4-6(11)8(13(14)15)5-7(9)12-3-2-10/h4-5,12H,2-3,10-11H2,1H3. The first-order valence-corrected chi connectivity index (χ1v) is 5.88. The first-order valence-electron chi connectivity index (χ1n) is 4.66. The number of hydrogen-bond acceptors (Lipinski definition) is 6. The molecule has 0 atom stereocenters. The number of hydrogen-bond donors (Lipinski definition) is 3. The molecule has 0 amide bonds. The molecule has 0 heterocycles. The fourth-order valence-electron chi connectivity index (χ4n) is 1.26. The van der Waals surface area contributed by atoms with Crippen LogP contribution in [0.15, 0.2) is 17.0 Å². The molecule has 1 rings (SSSR count). The lowest BCUT2D eigenvalue weighted by atomic mass is 10.2. The van der Waals surface area contributed by atoms with Gasteiger partial charge in [0.05, 0.1) is 10.6 Å². The Balaban J connectivity index is 3.12. The molecule has 16 heavy (non-hydrogen) atoms. The average Bonchev–Trinajstić information content (AvgIpc) is 2.26. The van der Waals surface area contributed by atoms with Crippen molar-refractivity contribution in [3.8, 4) is 0 Å². The highest BCUT2D eigenvalue weighted by atomic mass is 32.2. The molecule has 0 spiro atoms. The van der Waals surface area contributed by atoms with Crippen molar-refractivity contribution >= 4 is 28.8 Å². The highest BCUT2D eigenvalue weighted by Gasteiger charge is 2.15. The van der Waals surface area contributed by atoms with Crippen LogP contribution in [0.25, 0.3) is 0 Å². The number of nitro groups is 1. The minimum absolute atomic E-state index is 0.0858. The van der Waals surface area contributed by atoms with E-state index in [1.165, 1.54) is 17.8 Å². The van der Waals surface area contributed by atoms with Crippen LogP contribution in [0.3, 0.4) is 0 Å². The van der Waals surface area contributed by atoms with Crippen LogP contribution in [0.4, 0.5) is 17.1 Å². The summed E-state index contributed by atoms with van der Waals surface area (Å²) in [4.78, 5) is 11.1. The molecule has 0 aliphatic carbocycles. The van der Waals surface area contributed by atoms with E-state index in [4.69, 9.17) is 11.5 Å². The summed E-state index contributed by atoms with van der Waals surface area (Å²) < 4.78 is 0. The van der Waals surface area contributed by atoms with Gasteiger partial charge in [-0.05, 0) is 12.3 Å². The lowest BCUT2D eigenvalue weighted by Crippen LogP contribution is -2.13. The third-order valence-corrected chi connectivity index (χ3v) is 2.78. The van der Waals surface area contributed by atoms with Crippen molar-refractivity contribution in [2.24, 2.45) is 5.73 Å². The van der Waals surface area contributed by atoms with Crippen LogP contribution in [0.2, 0.25) is 0 Å². The van der Waals surface area contributed by atoms with Gasteiger partial charge in [-0.2, -0.15) is 0 Å². The molecular formula is C9H14N4O2S. The molecular weight excluding hydrogens is 228 g/mol. The molecule has 6 nitrogen and oxygen atoms in total. The Hall–Kier alpha value is -1.47.